The summed E-state index contributed by atoms with van der Waals surface area (Å²) < 4.78 is 19.8. The smallest absolute Gasteiger partial charge is 0.338 e. The van der Waals surface area contributed by atoms with E-state index in [1.54, 1.807) is 6.92 Å². The maximum Gasteiger partial charge on any atom is 0.338 e. The predicted octanol–water partition coefficient (Wildman–Crippen LogP) is 3.68. The maximum atomic E-state index is 13.5. The van der Waals surface area contributed by atoms with Crippen LogP contribution in [0.1, 0.15) is 21.5 Å². The zero-order valence-electron chi connectivity index (χ0n) is 10.8. The Balaban J connectivity index is 2.07. The van der Waals surface area contributed by atoms with Gasteiger partial charge < -0.3 is 10.5 Å². The Kier molecular flexibility index (Phi) is 4.59. The summed E-state index contributed by atoms with van der Waals surface area (Å²) in [4.78, 5) is 11.9. The van der Waals surface area contributed by atoms with Crippen molar-refractivity contribution in [2.45, 2.75) is 13.5 Å². The van der Waals surface area contributed by atoms with Crippen LogP contribution in [0.25, 0.3) is 0 Å². The summed E-state index contributed by atoms with van der Waals surface area (Å²) in [5.74, 6) is -1.10. The molecular weight excluding hydrogens is 372 g/mol. The van der Waals surface area contributed by atoms with Crippen LogP contribution in [0, 0.1) is 16.3 Å². The number of nitrogen functional groups attached to an aromatic ring is 1. The molecule has 0 spiro atoms. The second-order valence-corrected chi connectivity index (χ2v) is 5.62. The van der Waals surface area contributed by atoms with Crippen LogP contribution in [0.4, 0.5) is 10.1 Å². The average molecular weight is 385 g/mol. The van der Waals surface area contributed by atoms with Crippen molar-refractivity contribution in [2.75, 3.05) is 5.73 Å². The van der Waals surface area contributed by atoms with E-state index in [0.29, 0.717) is 5.56 Å². The molecule has 0 aromatic heterocycles. The zero-order valence-corrected chi connectivity index (χ0v) is 13.0. The van der Waals surface area contributed by atoms with Gasteiger partial charge >= 0.3 is 5.97 Å². The van der Waals surface area contributed by atoms with Crippen molar-refractivity contribution in [1.29, 1.82) is 0 Å². The lowest BCUT2D eigenvalue weighted by Gasteiger charge is -2.08. The van der Waals surface area contributed by atoms with Crippen molar-refractivity contribution in [2.24, 2.45) is 0 Å². The van der Waals surface area contributed by atoms with Gasteiger partial charge in [-0.05, 0) is 59.3 Å². The number of carbonyl (C=O) groups excluding carboxylic acids is 1. The molecule has 5 heteroatoms. The number of halogens is 2. The number of hydrogen-bond donors (Lipinski definition) is 1. The number of ether oxygens (including phenoxy) is 1. The molecule has 2 N–H and O–H groups in total. The van der Waals surface area contributed by atoms with E-state index in [4.69, 9.17) is 10.5 Å². The van der Waals surface area contributed by atoms with E-state index in [9.17, 15) is 9.18 Å². The van der Waals surface area contributed by atoms with Crippen LogP contribution in [0.15, 0.2) is 36.4 Å². The molecule has 0 aliphatic heterocycles. The summed E-state index contributed by atoms with van der Waals surface area (Å²) in [6.45, 7) is 1.70. The highest BCUT2D eigenvalue weighted by Crippen LogP contribution is 2.18. The van der Waals surface area contributed by atoms with E-state index in [2.05, 4.69) is 22.6 Å². The summed E-state index contributed by atoms with van der Waals surface area (Å²) in [6, 6.07) is 10.2. The lowest BCUT2D eigenvalue weighted by molar-refractivity contribution is 0.0472. The largest absolute Gasteiger partial charge is 0.457 e. The van der Waals surface area contributed by atoms with Gasteiger partial charge in [0.05, 0.1) is 5.56 Å². The van der Waals surface area contributed by atoms with Crippen LogP contribution in [0.5, 0.6) is 0 Å². The van der Waals surface area contributed by atoms with Crippen molar-refractivity contribution in [1.82, 2.24) is 0 Å². The topological polar surface area (TPSA) is 52.3 Å². The molecule has 0 heterocycles. The first kappa shape index (κ1) is 14.8. The summed E-state index contributed by atoms with van der Waals surface area (Å²) in [5.41, 5.74) is 7.20. The van der Waals surface area contributed by atoms with E-state index in [-0.39, 0.29) is 17.9 Å². The molecule has 2 rings (SSSR count). The van der Waals surface area contributed by atoms with Crippen LogP contribution in [0.2, 0.25) is 0 Å². The number of rotatable bonds is 3. The van der Waals surface area contributed by atoms with Gasteiger partial charge in [-0.2, -0.15) is 0 Å². The SMILES string of the molecule is Cc1c(N)cc(C(=O)OCc2ccc(I)cc2)cc1F. The fourth-order valence-corrected chi connectivity index (χ4v) is 1.99. The van der Waals surface area contributed by atoms with Gasteiger partial charge in [-0.3, -0.25) is 0 Å². The number of benzene rings is 2. The molecule has 0 saturated carbocycles. The van der Waals surface area contributed by atoms with Gasteiger partial charge in [0, 0.05) is 14.8 Å². The van der Waals surface area contributed by atoms with Gasteiger partial charge in [0.15, 0.2) is 0 Å². The quantitative estimate of drug-likeness (QED) is 0.498. The fraction of sp³-hybridized carbons (Fsp3) is 0.133. The number of esters is 1. The summed E-state index contributed by atoms with van der Waals surface area (Å²) in [5, 5.41) is 0. The Morgan fingerprint density at radius 2 is 1.95 bits per heavy atom. The van der Waals surface area contributed by atoms with E-state index in [0.717, 1.165) is 15.2 Å². The highest BCUT2D eigenvalue weighted by Gasteiger charge is 2.12. The van der Waals surface area contributed by atoms with Crippen LogP contribution in [-0.4, -0.2) is 5.97 Å². The standard InChI is InChI=1S/C15H13FINO2/c1-9-13(16)6-11(7-14(9)18)15(19)20-8-10-2-4-12(17)5-3-10/h2-7H,8,18H2,1H3. The average Bonchev–Trinajstić information content (AvgIpc) is 2.43. The van der Waals surface area contributed by atoms with Gasteiger partial charge in [-0.25, -0.2) is 9.18 Å². The molecule has 0 amide bonds. The minimum atomic E-state index is -0.589. The fourth-order valence-electron chi connectivity index (χ4n) is 1.63. The van der Waals surface area contributed by atoms with Crippen molar-refractivity contribution >= 4 is 34.2 Å². The van der Waals surface area contributed by atoms with Crippen LogP contribution >= 0.6 is 22.6 Å². The lowest BCUT2D eigenvalue weighted by Crippen LogP contribution is -2.07. The van der Waals surface area contributed by atoms with Gasteiger partial charge in [0.2, 0.25) is 0 Å². The van der Waals surface area contributed by atoms with Gasteiger partial charge in [-0.1, -0.05) is 12.1 Å². The molecule has 2 aromatic rings. The number of carbonyl (C=O) groups is 1. The Hall–Kier alpha value is -1.63. The van der Waals surface area contributed by atoms with Crippen molar-refractivity contribution < 1.29 is 13.9 Å². The molecule has 2 aromatic carbocycles. The zero-order chi connectivity index (χ0) is 14.7. The molecule has 104 valence electrons. The van der Waals surface area contributed by atoms with Crippen LogP contribution in [0.3, 0.4) is 0 Å². The molecule has 0 fully saturated rings. The Morgan fingerprint density at radius 1 is 1.30 bits per heavy atom. The first-order valence-corrected chi connectivity index (χ1v) is 7.02. The monoisotopic (exact) mass is 385 g/mol. The minimum Gasteiger partial charge on any atom is -0.457 e. The number of nitrogens with two attached hydrogens (primary N) is 1. The Labute approximate surface area is 130 Å². The van der Waals surface area contributed by atoms with Crippen LogP contribution in [-0.2, 0) is 11.3 Å². The molecule has 0 unspecified atom stereocenters. The van der Waals surface area contributed by atoms with Crippen molar-refractivity contribution in [3.8, 4) is 0 Å². The third-order valence-electron chi connectivity index (χ3n) is 2.90. The highest BCUT2D eigenvalue weighted by molar-refractivity contribution is 14.1. The Morgan fingerprint density at radius 3 is 2.55 bits per heavy atom. The molecule has 0 saturated heterocycles. The second-order valence-electron chi connectivity index (χ2n) is 4.37. The predicted molar refractivity (Wildman–Crippen MR) is 83.8 cm³/mol. The third-order valence-corrected chi connectivity index (χ3v) is 3.62. The van der Waals surface area contributed by atoms with Crippen LogP contribution < -0.4 is 5.73 Å². The Bertz CT molecular complexity index is 618. The minimum absolute atomic E-state index is 0.121. The number of hydrogen-bond acceptors (Lipinski definition) is 3. The second kappa shape index (κ2) is 6.21. The molecule has 0 aliphatic rings. The summed E-state index contributed by atoms with van der Waals surface area (Å²) in [6.07, 6.45) is 0. The first-order chi connectivity index (χ1) is 9.47. The summed E-state index contributed by atoms with van der Waals surface area (Å²) >= 11 is 2.19. The molecule has 0 bridgehead atoms. The van der Waals surface area contributed by atoms with E-state index in [1.165, 1.54) is 6.07 Å². The molecule has 3 nitrogen and oxygen atoms in total. The first-order valence-electron chi connectivity index (χ1n) is 5.94. The lowest BCUT2D eigenvalue weighted by atomic mass is 10.1. The van der Waals surface area contributed by atoms with Gasteiger partial charge in [0.1, 0.15) is 12.4 Å². The summed E-state index contributed by atoms with van der Waals surface area (Å²) in [7, 11) is 0. The van der Waals surface area contributed by atoms with Gasteiger partial charge in [0.25, 0.3) is 0 Å². The highest BCUT2D eigenvalue weighted by atomic mass is 127. The van der Waals surface area contributed by atoms with Crippen molar-refractivity contribution in [3.05, 3.63) is 62.5 Å². The molecule has 0 radical (unpaired) electrons. The van der Waals surface area contributed by atoms with Gasteiger partial charge in [-0.15, -0.1) is 0 Å². The molecular formula is C15H13FINO2. The van der Waals surface area contributed by atoms with E-state index < -0.39 is 11.8 Å². The third kappa shape index (κ3) is 3.47. The van der Waals surface area contributed by atoms with Crippen molar-refractivity contribution in [3.63, 3.8) is 0 Å². The number of anilines is 1. The normalized spacial score (nSPS) is 10.3. The molecule has 20 heavy (non-hydrogen) atoms. The van der Waals surface area contributed by atoms with E-state index in [1.807, 2.05) is 24.3 Å². The molecule has 0 atom stereocenters. The molecule has 0 aliphatic carbocycles. The van der Waals surface area contributed by atoms with E-state index >= 15 is 0 Å². The maximum absolute atomic E-state index is 13.5.